The Balaban J connectivity index is 1.89. The Bertz CT molecular complexity index is 272. The lowest BCUT2D eigenvalue weighted by atomic mass is 9.78. The van der Waals surface area contributed by atoms with Crippen LogP contribution < -0.4 is 5.32 Å². The maximum Gasteiger partial charge on any atom is 0.0678 e. The van der Waals surface area contributed by atoms with Gasteiger partial charge in [0.25, 0.3) is 0 Å². The summed E-state index contributed by atoms with van der Waals surface area (Å²) in [6.07, 6.45) is 6.17. The van der Waals surface area contributed by atoms with Crippen LogP contribution in [0.5, 0.6) is 0 Å². The fourth-order valence-electron chi connectivity index (χ4n) is 4.06. The lowest BCUT2D eigenvalue weighted by Crippen LogP contribution is -2.51. The highest BCUT2D eigenvalue weighted by Gasteiger charge is 2.31. The minimum absolute atomic E-state index is 0.391. The molecule has 1 saturated heterocycles. The number of rotatable bonds is 5. The van der Waals surface area contributed by atoms with Gasteiger partial charge in [0, 0.05) is 25.7 Å². The highest BCUT2D eigenvalue weighted by atomic mass is 16.5. The summed E-state index contributed by atoms with van der Waals surface area (Å²) in [6, 6.07) is 0.736. The van der Waals surface area contributed by atoms with Gasteiger partial charge in [-0.1, -0.05) is 13.8 Å². The molecule has 1 heterocycles. The Morgan fingerprint density at radius 2 is 1.80 bits per heavy atom. The predicted octanol–water partition coefficient (Wildman–Crippen LogP) is 2.90. The van der Waals surface area contributed by atoms with Crippen molar-refractivity contribution in [3.8, 4) is 0 Å². The summed E-state index contributed by atoms with van der Waals surface area (Å²) in [5.41, 5.74) is 0. The SMILES string of the molecule is CCCNC1CCC(C)CC1CN1CC(C)OC(C)C1. The monoisotopic (exact) mass is 282 g/mol. The average Bonchev–Trinajstić information content (AvgIpc) is 2.36. The highest BCUT2D eigenvalue weighted by Crippen LogP contribution is 2.30. The number of nitrogens with zero attached hydrogens (tertiary/aromatic N) is 1. The number of ether oxygens (including phenoxy) is 1. The molecule has 1 aliphatic heterocycles. The minimum Gasteiger partial charge on any atom is -0.373 e. The molecule has 0 spiro atoms. The Morgan fingerprint density at radius 1 is 1.10 bits per heavy atom. The van der Waals surface area contributed by atoms with Crippen LogP contribution in [-0.2, 0) is 4.74 Å². The second-order valence-corrected chi connectivity index (χ2v) is 7.21. The molecule has 0 amide bonds. The van der Waals surface area contributed by atoms with E-state index in [1.165, 1.54) is 38.8 Å². The Labute approximate surface area is 125 Å². The van der Waals surface area contributed by atoms with E-state index in [0.717, 1.165) is 31.0 Å². The van der Waals surface area contributed by atoms with Gasteiger partial charge in [-0.05, 0) is 57.9 Å². The van der Waals surface area contributed by atoms with Gasteiger partial charge >= 0.3 is 0 Å². The van der Waals surface area contributed by atoms with Gasteiger partial charge < -0.3 is 10.1 Å². The van der Waals surface area contributed by atoms with E-state index >= 15 is 0 Å². The van der Waals surface area contributed by atoms with E-state index in [2.05, 4.69) is 37.9 Å². The molecule has 5 atom stereocenters. The first kappa shape index (κ1) is 16.3. The Hall–Kier alpha value is -0.120. The van der Waals surface area contributed by atoms with Crippen LogP contribution in [0.4, 0.5) is 0 Å². The van der Waals surface area contributed by atoms with Crippen LogP contribution >= 0.6 is 0 Å². The molecule has 0 aromatic heterocycles. The topological polar surface area (TPSA) is 24.5 Å². The Morgan fingerprint density at radius 3 is 2.45 bits per heavy atom. The van der Waals surface area contributed by atoms with E-state index in [4.69, 9.17) is 4.74 Å². The molecule has 2 fully saturated rings. The molecule has 1 saturated carbocycles. The molecule has 2 aliphatic rings. The van der Waals surface area contributed by atoms with Gasteiger partial charge in [0.2, 0.25) is 0 Å². The summed E-state index contributed by atoms with van der Waals surface area (Å²) < 4.78 is 5.86. The molecule has 0 bridgehead atoms. The molecule has 0 radical (unpaired) electrons. The van der Waals surface area contributed by atoms with E-state index in [1.807, 2.05) is 0 Å². The van der Waals surface area contributed by atoms with E-state index in [1.54, 1.807) is 0 Å². The van der Waals surface area contributed by atoms with Crippen molar-refractivity contribution in [1.82, 2.24) is 10.2 Å². The summed E-state index contributed by atoms with van der Waals surface area (Å²) in [4.78, 5) is 2.64. The molecule has 3 nitrogen and oxygen atoms in total. The van der Waals surface area contributed by atoms with Gasteiger partial charge in [0.15, 0.2) is 0 Å². The van der Waals surface area contributed by atoms with Gasteiger partial charge in [-0.3, -0.25) is 4.90 Å². The van der Waals surface area contributed by atoms with Crippen LogP contribution in [0.25, 0.3) is 0 Å². The normalized spacial score (nSPS) is 39.9. The first-order valence-corrected chi connectivity index (χ1v) is 8.69. The van der Waals surface area contributed by atoms with Crippen molar-refractivity contribution in [2.45, 2.75) is 71.6 Å². The molecule has 20 heavy (non-hydrogen) atoms. The van der Waals surface area contributed by atoms with Gasteiger partial charge in [0.05, 0.1) is 12.2 Å². The van der Waals surface area contributed by atoms with Crippen LogP contribution in [0.2, 0.25) is 0 Å². The number of hydrogen-bond acceptors (Lipinski definition) is 3. The summed E-state index contributed by atoms with van der Waals surface area (Å²) >= 11 is 0. The average molecular weight is 282 g/mol. The Kier molecular flexibility index (Phi) is 6.31. The standard InChI is InChI=1S/C17H34N2O/c1-5-8-18-17-7-6-13(2)9-16(17)12-19-10-14(3)20-15(4)11-19/h13-18H,5-12H2,1-4H3. The summed E-state index contributed by atoms with van der Waals surface area (Å²) in [6.45, 7) is 13.7. The van der Waals surface area contributed by atoms with Crippen LogP contribution in [0.3, 0.4) is 0 Å². The third-order valence-corrected chi connectivity index (χ3v) is 4.89. The van der Waals surface area contributed by atoms with Crippen LogP contribution in [0.15, 0.2) is 0 Å². The fraction of sp³-hybridized carbons (Fsp3) is 1.00. The van der Waals surface area contributed by atoms with Crippen molar-refractivity contribution in [3.05, 3.63) is 0 Å². The molecule has 5 unspecified atom stereocenters. The lowest BCUT2D eigenvalue weighted by Gasteiger charge is -2.42. The maximum absolute atomic E-state index is 5.86. The molecule has 118 valence electrons. The van der Waals surface area contributed by atoms with E-state index in [-0.39, 0.29) is 0 Å². The van der Waals surface area contributed by atoms with E-state index in [0.29, 0.717) is 12.2 Å². The third-order valence-electron chi connectivity index (χ3n) is 4.89. The second-order valence-electron chi connectivity index (χ2n) is 7.21. The van der Waals surface area contributed by atoms with Crippen molar-refractivity contribution in [2.24, 2.45) is 11.8 Å². The van der Waals surface area contributed by atoms with Crippen molar-refractivity contribution in [1.29, 1.82) is 0 Å². The van der Waals surface area contributed by atoms with Crippen molar-refractivity contribution in [2.75, 3.05) is 26.2 Å². The largest absolute Gasteiger partial charge is 0.373 e. The molecule has 3 heteroatoms. The van der Waals surface area contributed by atoms with E-state index < -0.39 is 0 Å². The first-order valence-electron chi connectivity index (χ1n) is 8.69. The summed E-state index contributed by atoms with van der Waals surface area (Å²) in [5, 5.41) is 3.80. The molecular weight excluding hydrogens is 248 g/mol. The molecule has 0 aromatic carbocycles. The number of morpholine rings is 1. The fourth-order valence-corrected chi connectivity index (χ4v) is 4.06. The van der Waals surface area contributed by atoms with Gasteiger partial charge in [-0.2, -0.15) is 0 Å². The lowest BCUT2D eigenvalue weighted by molar-refractivity contribution is -0.0742. The summed E-state index contributed by atoms with van der Waals surface area (Å²) in [7, 11) is 0. The van der Waals surface area contributed by atoms with Crippen LogP contribution in [0, 0.1) is 11.8 Å². The third kappa shape index (κ3) is 4.71. The van der Waals surface area contributed by atoms with Gasteiger partial charge in [-0.15, -0.1) is 0 Å². The van der Waals surface area contributed by atoms with Crippen molar-refractivity contribution >= 4 is 0 Å². The molecule has 1 aliphatic carbocycles. The molecule has 2 rings (SSSR count). The van der Waals surface area contributed by atoms with Crippen molar-refractivity contribution < 1.29 is 4.74 Å². The summed E-state index contributed by atoms with van der Waals surface area (Å²) in [5.74, 6) is 1.72. The number of hydrogen-bond donors (Lipinski definition) is 1. The molecular formula is C17H34N2O. The van der Waals surface area contributed by atoms with Gasteiger partial charge in [0.1, 0.15) is 0 Å². The first-order chi connectivity index (χ1) is 9.58. The predicted molar refractivity (Wildman–Crippen MR) is 85.0 cm³/mol. The highest BCUT2D eigenvalue weighted by molar-refractivity contribution is 4.87. The molecule has 1 N–H and O–H groups in total. The number of nitrogens with one attached hydrogen (secondary N) is 1. The van der Waals surface area contributed by atoms with Crippen LogP contribution in [0.1, 0.15) is 53.4 Å². The quantitative estimate of drug-likeness (QED) is 0.839. The zero-order chi connectivity index (χ0) is 14.5. The molecule has 0 aromatic rings. The van der Waals surface area contributed by atoms with Crippen LogP contribution in [-0.4, -0.2) is 49.3 Å². The second kappa shape index (κ2) is 7.77. The van der Waals surface area contributed by atoms with Gasteiger partial charge in [-0.25, -0.2) is 0 Å². The minimum atomic E-state index is 0.391. The zero-order valence-electron chi connectivity index (χ0n) is 13.9. The smallest absolute Gasteiger partial charge is 0.0678 e. The van der Waals surface area contributed by atoms with Crippen molar-refractivity contribution in [3.63, 3.8) is 0 Å². The maximum atomic E-state index is 5.86. The van der Waals surface area contributed by atoms with E-state index in [9.17, 15) is 0 Å². The zero-order valence-corrected chi connectivity index (χ0v) is 13.9.